The maximum atomic E-state index is 12.1. The highest BCUT2D eigenvalue weighted by atomic mass is 32.1. The van der Waals surface area contributed by atoms with Crippen LogP contribution in [0.5, 0.6) is 0 Å². The van der Waals surface area contributed by atoms with E-state index in [4.69, 9.17) is 4.74 Å². The number of carbonyl (C=O) groups excluding carboxylic acids is 2. The van der Waals surface area contributed by atoms with Crippen molar-refractivity contribution in [2.24, 2.45) is 0 Å². The molecular formula is C15H17N5O3S. The topological polar surface area (TPSA) is 96.4 Å². The van der Waals surface area contributed by atoms with Crippen molar-refractivity contribution < 1.29 is 14.3 Å². The molecule has 0 spiro atoms. The van der Waals surface area contributed by atoms with Crippen molar-refractivity contribution in [1.82, 2.24) is 15.1 Å². The van der Waals surface area contributed by atoms with Gasteiger partial charge in [0.2, 0.25) is 5.13 Å². The maximum absolute atomic E-state index is 12.1. The minimum absolute atomic E-state index is 0.167. The minimum atomic E-state index is -0.266. The number of urea groups is 1. The number of aryl methyl sites for hydroxylation is 1. The number of ether oxygens (including phenoxy) is 1. The summed E-state index contributed by atoms with van der Waals surface area (Å²) < 4.78 is 5.22. The van der Waals surface area contributed by atoms with E-state index in [0.29, 0.717) is 42.7 Å². The Kier molecular flexibility index (Phi) is 5.02. The van der Waals surface area contributed by atoms with Gasteiger partial charge in [-0.25, -0.2) is 4.79 Å². The minimum Gasteiger partial charge on any atom is -0.378 e. The molecule has 0 aliphatic carbocycles. The zero-order valence-electron chi connectivity index (χ0n) is 13.1. The van der Waals surface area contributed by atoms with Crippen LogP contribution in [0.2, 0.25) is 0 Å². The van der Waals surface area contributed by atoms with E-state index >= 15 is 0 Å². The number of nitrogens with one attached hydrogen (secondary N) is 2. The summed E-state index contributed by atoms with van der Waals surface area (Å²) in [7, 11) is 0. The molecule has 24 heavy (non-hydrogen) atoms. The predicted molar refractivity (Wildman–Crippen MR) is 90.5 cm³/mol. The number of hydrogen-bond donors (Lipinski definition) is 2. The van der Waals surface area contributed by atoms with Gasteiger partial charge in [0.15, 0.2) is 0 Å². The van der Waals surface area contributed by atoms with Crippen LogP contribution in [0.4, 0.5) is 15.6 Å². The molecular weight excluding hydrogens is 330 g/mol. The van der Waals surface area contributed by atoms with Crippen molar-refractivity contribution in [3.63, 3.8) is 0 Å². The summed E-state index contributed by atoms with van der Waals surface area (Å²) in [5.41, 5.74) is 1.11. The number of benzene rings is 1. The lowest BCUT2D eigenvalue weighted by molar-refractivity contribution is 0.0564. The van der Waals surface area contributed by atoms with E-state index in [1.54, 1.807) is 29.2 Å². The highest BCUT2D eigenvalue weighted by Gasteiger charge is 2.17. The third-order valence-electron chi connectivity index (χ3n) is 3.44. The van der Waals surface area contributed by atoms with E-state index in [2.05, 4.69) is 20.8 Å². The highest BCUT2D eigenvalue weighted by Crippen LogP contribution is 2.16. The summed E-state index contributed by atoms with van der Waals surface area (Å²) in [5.74, 6) is -0.266. The molecule has 126 valence electrons. The first-order valence-electron chi connectivity index (χ1n) is 7.47. The SMILES string of the molecule is Cc1nnc(NC(=O)c2ccc(NC(=O)N3CCOCC3)cc2)s1. The summed E-state index contributed by atoms with van der Waals surface area (Å²) in [5, 5.41) is 14.4. The van der Waals surface area contributed by atoms with Gasteiger partial charge in [-0.15, -0.1) is 10.2 Å². The average Bonchev–Trinajstić information content (AvgIpc) is 3.01. The van der Waals surface area contributed by atoms with Crippen LogP contribution < -0.4 is 10.6 Å². The molecule has 1 fully saturated rings. The summed E-state index contributed by atoms with van der Waals surface area (Å²) >= 11 is 1.31. The van der Waals surface area contributed by atoms with E-state index in [1.165, 1.54) is 11.3 Å². The van der Waals surface area contributed by atoms with Crippen molar-refractivity contribution in [3.05, 3.63) is 34.8 Å². The Morgan fingerprint density at radius 2 is 1.83 bits per heavy atom. The zero-order chi connectivity index (χ0) is 16.9. The monoisotopic (exact) mass is 347 g/mol. The first-order chi connectivity index (χ1) is 11.6. The van der Waals surface area contributed by atoms with Crippen LogP contribution in [0.25, 0.3) is 0 Å². The molecule has 0 atom stereocenters. The van der Waals surface area contributed by atoms with Crippen LogP contribution in [0.1, 0.15) is 15.4 Å². The summed E-state index contributed by atoms with van der Waals surface area (Å²) in [6.07, 6.45) is 0. The standard InChI is InChI=1S/C15H17N5O3S/c1-10-18-19-14(24-10)17-13(21)11-2-4-12(5-3-11)16-15(22)20-6-8-23-9-7-20/h2-5H,6-9H2,1H3,(H,16,22)(H,17,19,21). The van der Waals surface area contributed by atoms with Gasteiger partial charge in [-0.2, -0.15) is 0 Å². The summed E-state index contributed by atoms with van der Waals surface area (Å²) in [6.45, 7) is 4.08. The molecule has 1 aliphatic heterocycles. The van der Waals surface area contributed by atoms with Crippen LogP contribution in [-0.4, -0.2) is 53.3 Å². The van der Waals surface area contributed by atoms with Crippen LogP contribution >= 0.6 is 11.3 Å². The molecule has 0 saturated carbocycles. The Morgan fingerprint density at radius 3 is 2.46 bits per heavy atom. The van der Waals surface area contributed by atoms with Gasteiger partial charge in [-0.3, -0.25) is 10.1 Å². The van der Waals surface area contributed by atoms with Crippen LogP contribution in [0.3, 0.4) is 0 Å². The summed E-state index contributed by atoms with van der Waals surface area (Å²) in [6, 6.07) is 6.52. The molecule has 2 aromatic rings. The van der Waals surface area contributed by atoms with Crippen LogP contribution in [0, 0.1) is 6.92 Å². The lowest BCUT2D eigenvalue weighted by Gasteiger charge is -2.26. The molecule has 3 amide bonds. The van der Waals surface area contributed by atoms with Gasteiger partial charge < -0.3 is 15.0 Å². The van der Waals surface area contributed by atoms with Crippen molar-refractivity contribution in [2.75, 3.05) is 36.9 Å². The lowest BCUT2D eigenvalue weighted by Crippen LogP contribution is -2.43. The number of carbonyl (C=O) groups is 2. The zero-order valence-corrected chi connectivity index (χ0v) is 13.9. The third-order valence-corrected chi connectivity index (χ3v) is 4.20. The molecule has 2 N–H and O–H groups in total. The van der Waals surface area contributed by atoms with Crippen molar-refractivity contribution in [1.29, 1.82) is 0 Å². The first-order valence-corrected chi connectivity index (χ1v) is 8.28. The molecule has 0 unspecified atom stereocenters. The van der Waals surface area contributed by atoms with Gasteiger partial charge in [0.1, 0.15) is 5.01 Å². The molecule has 1 aromatic heterocycles. The number of morpholine rings is 1. The molecule has 9 heteroatoms. The molecule has 8 nitrogen and oxygen atoms in total. The van der Waals surface area contributed by atoms with Gasteiger partial charge in [0.05, 0.1) is 13.2 Å². The van der Waals surface area contributed by atoms with E-state index < -0.39 is 0 Å². The smallest absolute Gasteiger partial charge is 0.321 e. The number of amides is 3. The number of hydrogen-bond acceptors (Lipinski definition) is 6. The Labute approximate surface area is 142 Å². The molecule has 0 radical (unpaired) electrons. The first kappa shape index (κ1) is 16.3. The molecule has 0 bridgehead atoms. The van der Waals surface area contributed by atoms with E-state index in [1.807, 2.05) is 6.92 Å². The number of anilines is 2. The molecule has 3 rings (SSSR count). The Bertz CT molecular complexity index is 725. The number of nitrogens with zero attached hydrogens (tertiary/aromatic N) is 3. The largest absolute Gasteiger partial charge is 0.378 e. The van der Waals surface area contributed by atoms with Gasteiger partial charge in [-0.1, -0.05) is 11.3 Å². The van der Waals surface area contributed by atoms with Crippen molar-refractivity contribution in [2.45, 2.75) is 6.92 Å². The van der Waals surface area contributed by atoms with E-state index in [-0.39, 0.29) is 11.9 Å². The number of rotatable bonds is 3. The fraction of sp³-hybridized carbons (Fsp3) is 0.333. The molecule has 2 heterocycles. The Balaban J connectivity index is 1.58. The van der Waals surface area contributed by atoms with E-state index in [0.717, 1.165) is 5.01 Å². The Morgan fingerprint density at radius 1 is 1.12 bits per heavy atom. The van der Waals surface area contributed by atoms with Crippen molar-refractivity contribution >= 4 is 34.1 Å². The average molecular weight is 347 g/mol. The maximum Gasteiger partial charge on any atom is 0.321 e. The molecule has 1 aliphatic rings. The van der Waals surface area contributed by atoms with Crippen LogP contribution in [-0.2, 0) is 4.74 Å². The second kappa shape index (κ2) is 7.37. The van der Waals surface area contributed by atoms with Crippen LogP contribution in [0.15, 0.2) is 24.3 Å². The second-order valence-electron chi connectivity index (χ2n) is 5.19. The normalized spacial score (nSPS) is 14.3. The van der Waals surface area contributed by atoms with Gasteiger partial charge in [0.25, 0.3) is 5.91 Å². The quantitative estimate of drug-likeness (QED) is 0.885. The van der Waals surface area contributed by atoms with Gasteiger partial charge in [0, 0.05) is 24.3 Å². The Hall–Kier alpha value is -2.52. The van der Waals surface area contributed by atoms with Gasteiger partial charge in [-0.05, 0) is 31.2 Å². The second-order valence-corrected chi connectivity index (χ2v) is 6.37. The fourth-order valence-electron chi connectivity index (χ4n) is 2.19. The van der Waals surface area contributed by atoms with E-state index in [9.17, 15) is 9.59 Å². The third kappa shape index (κ3) is 4.06. The molecule has 1 aromatic carbocycles. The van der Waals surface area contributed by atoms with Gasteiger partial charge >= 0.3 is 6.03 Å². The molecule has 1 saturated heterocycles. The number of aromatic nitrogens is 2. The summed E-state index contributed by atoms with van der Waals surface area (Å²) in [4.78, 5) is 25.9. The highest BCUT2D eigenvalue weighted by molar-refractivity contribution is 7.15. The lowest BCUT2D eigenvalue weighted by atomic mass is 10.2. The fourth-order valence-corrected chi connectivity index (χ4v) is 2.78. The predicted octanol–water partition coefficient (Wildman–Crippen LogP) is 1.96. The van der Waals surface area contributed by atoms with Crippen molar-refractivity contribution in [3.8, 4) is 0 Å².